The Morgan fingerprint density at radius 1 is 1.06 bits per heavy atom. The number of benzene rings is 2. The number of carbonyl (C=O) groups excluding carboxylic acids is 2. The van der Waals surface area contributed by atoms with Crippen LogP contribution in [0.4, 0.5) is 5.69 Å². The van der Waals surface area contributed by atoms with Gasteiger partial charge < -0.3 is 9.26 Å². The Hall–Kier alpha value is -3.60. The summed E-state index contributed by atoms with van der Waals surface area (Å²) >= 11 is 3.39. The van der Waals surface area contributed by atoms with Crippen molar-refractivity contribution >= 4 is 33.4 Å². The van der Waals surface area contributed by atoms with Gasteiger partial charge in [0.1, 0.15) is 12.3 Å². The molecule has 162 valence electrons. The van der Waals surface area contributed by atoms with Crippen LogP contribution >= 0.6 is 15.9 Å². The fourth-order valence-electron chi connectivity index (χ4n) is 3.64. The second-order valence-corrected chi connectivity index (χ2v) is 8.07. The zero-order chi connectivity index (χ0) is 22.2. The first-order chi connectivity index (χ1) is 15.5. The minimum Gasteiger partial charge on any atom is -0.494 e. The van der Waals surface area contributed by atoms with E-state index in [9.17, 15) is 9.59 Å². The van der Waals surface area contributed by atoms with Crippen LogP contribution in [0.2, 0.25) is 0 Å². The molecule has 10 nitrogen and oxygen atoms in total. The number of carbonyl (C=O) groups is 2. The van der Waals surface area contributed by atoms with Crippen LogP contribution in [0.5, 0.6) is 5.75 Å². The maximum absolute atomic E-state index is 13.1. The SMILES string of the molecule is CCOc1ccc(N2C(=O)[C@@H]3[C@@H](N=NN3Cc3nc(-c4ccc(Br)cc4)no3)C2=O)cc1. The lowest BCUT2D eigenvalue weighted by Crippen LogP contribution is -2.39. The molecule has 1 saturated heterocycles. The molecule has 0 spiro atoms. The molecule has 0 saturated carbocycles. The molecule has 3 heterocycles. The van der Waals surface area contributed by atoms with Gasteiger partial charge in [-0.05, 0) is 55.5 Å². The molecular weight excluding hydrogens is 480 g/mol. The van der Waals surface area contributed by atoms with Crippen LogP contribution in [0.15, 0.2) is 67.9 Å². The monoisotopic (exact) mass is 496 g/mol. The number of halogens is 1. The summed E-state index contributed by atoms with van der Waals surface area (Å²) in [5, 5.41) is 13.4. The summed E-state index contributed by atoms with van der Waals surface area (Å²) in [5.41, 5.74) is 1.25. The van der Waals surface area contributed by atoms with Gasteiger partial charge in [-0.2, -0.15) is 10.1 Å². The fraction of sp³-hybridized carbons (Fsp3) is 0.238. The molecule has 3 aromatic rings. The van der Waals surface area contributed by atoms with Gasteiger partial charge in [0.15, 0.2) is 12.1 Å². The minimum atomic E-state index is -0.900. The predicted molar refractivity (Wildman–Crippen MR) is 116 cm³/mol. The van der Waals surface area contributed by atoms with Gasteiger partial charge in [-0.15, -0.1) is 0 Å². The zero-order valence-electron chi connectivity index (χ0n) is 16.9. The summed E-state index contributed by atoms with van der Waals surface area (Å²) in [6.45, 7) is 2.47. The van der Waals surface area contributed by atoms with Crippen LogP contribution < -0.4 is 9.64 Å². The molecule has 2 atom stereocenters. The summed E-state index contributed by atoms with van der Waals surface area (Å²) in [4.78, 5) is 31.5. The van der Waals surface area contributed by atoms with Crippen LogP contribution in [0.25, 0.3) is 11.4 Å². The number of nitrogens with zero attached hydrogens (tertiary/aromatic N) is 6. The normalized spacial score (nSPS) is 19.7. The molecule has 0 N–H and O–H groups in total. The van der Waals surface area contributed by atoms with E-state index in [1.807, 2.05) is 31.2 Å². The van der Waals surface area contributed by atoms with Gasteiger partial charge in [0.25, 0.3) is 11.8 Å². The van der Waals surface area contributed by atoms with E-state index >= 15 is 0 Å². The number of anilines is 1. The third-order valence-corrected chi connectivity index (χ3v) is 5.66. The molecule has 0 aliphatic carbocycles. The Bertz CT molecular complexity index is 1190. The average Bonchev–Trinajstić information content (AvgIpc) is 3.48. The smallest absolute Gasteiger partial charge is 0.263 e. The number of fused-ring (bicyclic) bond motifs is 1. The van der Waals surface area contributed by atoms with Crippen molar-refractivity contribution in [2.45, 2.75) is 25.6 Å². The predicted octanol–water partition coefficient (Wildman–Crippen LogP) is 3.39. The van der Waals surface area contributed by atoms with Crippen molar-refractivity contribution in [3.05, 3.63) is 58.9 Å². The Balaban J connectivity index is 1.33. The van der Waals surface area contributed by atoms with E-state index in [1.54, 1.807) is 24.3 Å². The molecule has 1 aromatic heterocycles. The maximum atomic E-state index is 13.1. The minimum absolute atomic E-state index is 0.0599. The standard InChI is InChI=1S/C21H17BrN6O4/c1-2-31-15-9-7-14(8-10-15)28-20(29)17-18(21(28)30)27(26-24-17)11-16-23-19(25-32-16)12-3-5-13(22)6-4-12/h3-10,17-18H,2,11H2,1H3/t17-,18+/m1/s1. The number of hydrogen-bond donors (Lipinski definition) is 0. The van der Waals surface area contributed by atoms with Gasteiger partial charge in [0.05, 0.1) is 12.3 Å². The molecule has 0 bridgehead atoms. The van der Waals surface area contributed by atoms with E-state index in [2.05, 4.69) is 36.4 Å². The van der Waals surface area contributed by atoms with Crippen LogP contribution in [0, 0.1) is 0 Å². The van der Waals surface area contributed by atoms with Gasteiger partial charge in [-0.25, -0.2) is 4.90 Å². The number of aromatic nitrogens is 2. The van der Waals surface area contributed by atoms with Gasteiger partial charge >= 0.3 is 0 Å². The highest BCUT2D eigenvalue weighted by molar-refractivity contribution is 9.10. The summed E-state index contributed by atoms with van der Waals surface area (Å²) in [5.74, 6) is 0.528. The Kier molecular flexibility index (Phi) is 5.17. The van der Waals surface area contributed by atoms with Gasteiger partial charge in [-0.1, -0.05) is 26.3 Å². The first-order valence-electron chi connectivity index (χ1n) is 9.92. The van der Waals surface area contributed by atoms with Gasteiger partial charge in [0.2, 0.25) is 11.7 Å². The summed E-state index contributed by atoms with van der Waals surface area (Å²) in [6.07, 6.45) is 0. The molecule has 2 aromatic carbocycles. The quantitative estimate of drug-likeness (QED) is 0.480. The van der Waals surface area contributed by atoms with Crippen molar-refractivity contribution in [3.63, 3.8) is 0 Å². The number of amides is 2. The van der Waals surface area contributed by atoms with E-state index in [4.69, 9.17) is 9.26 Å². The number of rotatable bonds is 6. The number of ether oxygens (including phenoxy) is 1. The molecular formula is C21H17BrN6O4. The van der Waals surface area contributed by atoms with Crippen molar-refractivity contribution in [1.82, 2.24) is 15.1 Å². The van der Waals surface area contributed by atoms with Crippen LogP contribution in [-0.4, -0.2) is 45.7 Å². The van der Waals surface area contributed by atoms with Crippen molar-refractivity contribution in [2.24, 2.45) is 10.3 Å². The lowest BCUT2D eigenvalue weighted by molar-refractivity contribution is -0.123. The summed E-state index contributed by atoms with van der Waals surface area (Å²) < 4.78 is 11.7. The molecule has 2 aliphatic heterocycles. The lowest BCUT2D eigenvalue weighted by Gasteiger charge is -2.19. The van der Waals surface area contributed by atoms with Gasteiger partial charge in [0, 0.05) is 10.0 Å². The molecule has 2 amide bonds. The highest BCUT2D eigenvalue weighted by Gasteiger charge is 2.55. The van der Waals surface area contributed by atoms with E-state index < -0.39 is 23.9 Å². The summed E-state index contributed by atoms with van der Waals surface area (Å²) in [6, 6.07) is 12.5. The molecule has 0 radical (unpaired) electrons. The third-order valence-electron chi connectivity index (χ3n) is 5.13. The summed E-state index contributed by atoms with van der Waals surface area (Å²) in [7, 11) is 0. The van der Waals surface area contributed by atoms with E-state index in [0.29, 0.717) is 23.9 Å². The number of imide groups is 1. The third kappa shape index (κ3) is 3.54. The van der Waals surface area contributed by atoms with Crippen LogP contribution in [0.1, 0.15) is 12.8 Å². The second kappa shape index (κ2) is 8.15. The fourth-order valence-corrected chi connectivity index (χ4v) is 3.90. The Morgan fingerprint density at radius 3 is 2.53 bits per heavy atom. The first kappa shape index (κ1) is 20.3. The molecule has 32 heavy (non-hydrogen) atoms. The van der Waals surface area contributed by atoms with Crippen molar-refractivity contribution < 1.29 is 18.8 Å². The van der Waals surface area contributed by atoms with Crippen LogP contribution in [-0.2, 0) is 16.1 Å². The Labute approximate surface area is 191 Å². The van der Waals surface area contributed by atoms with Crippen molar-refractivity contribution in [3.8, 4) is 17.1 Å². The second-order valence-electron chi connectivity index (χ2n) is 7.15. The first-order valence-corrected chi connectivity index (χ1v) is 10.7. The van der Waals surface area contributed by atoms with Crippen molar-refractivity contribution in [1.29, 1.82) is 0 Å². The van der Waals surface area contributed by atoms with E-state index in [1.165, 1.54) is 5.01 Å². The molecule has 5 rings (SSSR count). The van der Waals surface area contributed by atoms with Crippen LogP contribution in [0.3, 0.4) is 0 Å². The average molecular weight is 497 g/mol. The maximum Gasteiger partial charge on any atom is 0.263 e. The molecule has 2 aliphatic rings. The highest BCUT2D eigenvalue weighted by Crippen LogP contribution is 2.33. The zero-order valence-corrected chi connectivity index (χ0v) is 18.5. The van der Waals surface area contributed by atoms with Crippen molar-refractivity contribution in [2.75, 3.05) is 11.5 Å². The highest BCUT2D eigenvalue weighted by atomic mass is 79.9. The lowest BCUT2D eigenvalue weighted by atomic mass is 10.1. The molecule has 11 heteroatoms. The molecule has 0 unspecified atom stereocenters. The topological polar surface area (TPSA) is 113 Å². The number of hydrogen-bond acceptors (Lipinski definition) is 9. The van der Waals surface area contributed by atoms with Gasteiger partial charge in [-0.3, -0.25) is 14.6 Å². The van der Waals surface area contributed by atoms with E-state index in [-0.39, 0.29) is 12.4 Å². The van der Waals surface area contributed by atoms with E-state index in [0.717, 1.165) is 14.9 Å². The molecule has 1 fully saturated rings. The largest absolute Gasteiger partial charge is 0.494 e. The Morgan fingerprint density at radius 2 is 1.81 bits per heavy atom.